The minimum atomic E-state index is 0.161. The molecule has 1 aliphatic heterocycles. The molecule has 0 saturated carbocycles. The van der Waals surface area contributed by atoms with Crippen molar-refractivity contribution in [1.29, 1.82) is 5.26 Å². The van der Waals surface area contributed by atoms with Crippen molar-refractivity contribution in [3.8, 4) is 6.07 Å². The van der Waals surface area contributed by atoms with Crippen molar-refractivity contribution in [2.45, 2.75) is 12.8 Å². The highest BCUT2D eigenvalue weighted by Crippen LogP contribution is 2.17. The number of likely N-dealkylation sites (tertiary alicyclic amines) is 1. The molecule has 4 heteroatoms. The van der Waals surface area contributed by atoms with E-state index in [1.165, 1.54) is 5.54 Å². The molecular formula is C9H12Cl2N2. The minimum Gasteiger partial charge on any atom is -0.297 e. The van der Waals surface area contributed by atoms with E-state index < -0.39 is 0 Å². The molecule has 0 spiro atoms. The molecule has 1 fully saturated rings. The first-order chi connectivity index (χ1) is 6.26. The Kier molecular flexibility index (Phi) is 4.58. The second-order valence-electron chi connectivity index (χ2n) is 3.26. The summed E-state index contributed by atoms with van der Waals surface area (Å²) >= 11 is 11.2. The van der Waals surface area contributed by atoms with Crippen LogP contribution in [0.15, 0.2) is 10.6 Å². The second-order valence-corrected chi connectivity index (χ2v) is 3.96. The summed E-state index contributed by atoms with van der Waals surface area (Å²) in [4.78, 5) is 2.17. The van der Waals surface area contributed by atoms with E-state index in [1.807, 2.05) is 0 Å². The Hall–Kier alpha value is -0.230. The van der Waals surface area contributed by atoms with E-state index in [4.69, 9.17) is 28.5 Å². The quantitative estimate of drug-likeness (QED) is 0.713. The van der Waals surface area contributed by atoms with Crippen molar-refractivity contribution in [3.05, 3.63) is 10.6 Å². The molecule has 1 aliphatic rings. The summed E-state index contributed by atoms with van der Waals surface area (Å²) < 4.78 is 0. The molecule has 1 unspecified atom stereocenters. The van der Waals surface area contributed by atoms with Crippen LogP contribution in [-0.2, 0) is 0 Å². The van der Waals surface area contributed by atoms with Gasteiger partial charge in [-0.3, -0.25) is 4.90 Å². The topological polar surface area (TPSA) is 27.0 Å². The van der Waals surface area contributed by atoms with E-state index in [9.17, 15) is 0 Å². The summed E-state index contributed by atoms with van der Waals surface area (Å²) in [5.41, 5.74) is 1.39. The van der Waals surface area contributed by atoms with Gasteiger partial charge in [0, 0.05) is 23.7 Å². The summed E-state index contributed by atoms with van der Waals surface area (Å²) in [6.45, 7) is 2.50. The number of nitriles is 1. The fourth-order valence-electron chi connectivity index (χ4n) is 1.55. The first-order valence-corrected chi connectivity index (χ1v) is 5.14. The zero-order chi connectivity index (χ0) is 9.68. The molecule has 0 N–H and O–H groups in total. The molecule has 72 valence electrons. The highest BCUT2D eigenvalue weighted by Gasteiger charge is 2.19. The van der Waals surface area contributed by atoms with Gasteiger partial charge in [0.15, 0.2) is 0 Å². The van der Waals surface area contributed by atoms with Gasteiger partial charge in [-0.25, -0.2) is 0 Å². The number of halogens is 2. The van der Waals surface area contributed by atoms with Crippen LogP contribution in [0.4, 0.5) is 0 Å². The fourth-order valence-corrected chi connectivity index (χ4v) is 1.79. The molecule has 1 saturated heterocycles. The normalized spacial score (nSPS) is 25.6. The third-order valence-corrected chi connectivity index (χ3v) is 2.78. The molecule has 0 aliphatic carbocycles. The molecular weight excluding hydrogens is 207 g/mol. The van der Waals surface area contributed by atoms with Gasteiger partial charge in [-0.05, 0) is 19.4 Å². The Labute approximate surface area is 88.7 Å². The summed E-state index contributed by atoms with van der Waals surface area (Å²) in [7, 11) is 0. The van der Waals surface area contributed by atoms with Gasteiger partial charge in [-0.15, -0.1) is 0 Å². The molecule has 1 heterocycles. The van der Waals surface area contributed by atoms with Gasteiger partial charge in [0.05, 0.1) is 12.0 Å². The molecule has 13 heavy (non-hydrogen) atoms. The van der Waals surface area contributed by atoms with Crippen LogP contribution in [0.1, 0.15) is 12.8 Å². The van der Waals surface area contributed by atoms with Gasteiger partial charge in [0.25, 0.3) is 0 Å². The van der Waals surface area contributed by atoms with Crippen LogP contribution in [0, 0.1) is 17.2 Å². The van der Waals surface area contributed by atoms with Gasteiger partial charge in [0.2, 0.25) is 0 Å². The molecule has 1 rings (SSSR count). The third kappa shape index (κ3) is 3.56. The summed E-state index contributed by atoms with van der Waals surface area (Å²) in [6.07, 6.45) is 2.08. The second kappa shape index (κ2) is 5.49. The van der Waals surface area contributed by atoms with Crippen molar-refractivity contribution < 1.29 is 0 Å². The first-order valence-electron chi connectivity index (χ1n) is 4.33. The third-order valence-electron chi connectivity index (χ3n) is 2.18. The summed E-state index contributed by atoms with van der Waals surface area (Å²) in [6, 6.07) is 2.29. The SMILES string of the molecule is N#CC1CCCN(CC(Cl)=CCl)C1. The van der Waals surface area contributed by atoms with Crippen LogP contribution in [-0.4, -0.2) is 24.5 Å². The number of piperidine rings is 1. The number of rotatable bonds is 2. The van der Waals surface area contributed by atoms with Crippen LogP contribution in [0.2, 0.25) is 0 Å². The van der Waals surface area contributed by atoms with E-state index in [1.54, 1.807) is 0 Å². The maximum Gasteiger partial charge on any atom is 0.0669 e. The Morgan fingerprint density at radius 1 is 1.69 bits per heavy atom. The van der Waals surface area contributed by atoms with Crippen molar-refractivity contribution in [3.63, 3.8) is 0 Å². The lowest BCUT2D eigenvalue weighted by Gasteiger charge is -2.28. The van der Waals surface area contributed by atoms with Crippen molar-refractivity contribution in [2.75, 3.05) is 19.6 Å². The highest BCUT2D eigenvalue weighted by atomic mass is 35.5. The molecule has 0 aromatic carbocycles. The Morgan fingerprint density at radius 2 is 2.46 bits per heavy atom. The summed E-state index contributed by atoms with van der Waals surface area (Å²) in [5.74, 6) is 0.161. The maximum atomic E-state index is 8.75. The average molecular weight is 219 g/mol. The molecule has 0 aromatic heterocycles. The van der Waals surface area contributed by atoms with Crippen LogP contribution >= 0.6 is 23.2 Å². The maximum absolute atomic E-state index is 8.75. The minimum absolute atomic E-state index is 0.161. The smallest absolute Gasteiger partial charge is 0.0669 e. The van der Waals surface area contributed by atoms with Crippen molar-refractivity contribution >= 4 is 23.2 Å². The van der Waals surface area contributed by atoms with Crippen molar-refractivity contribution in [1.82, 2.24) is 4.90 Å². The Morgan fingerprint density at radius 3 is 3.08 bits per heavy atom. The lowest BCUT2D eigenvalue weighted by Crippen LogP contribution is -2.35. The number of hydrogen-bond acceptors (Lipinski definition) is 2. The molecule has 0 aromatic rings. The number of hydrogen-bond donors (Lipinski definition) is 0. The zero-order valence-corrected chi connectivity index (χ0v) is 8.85. The van der Waals surface area contributed by atoms with Crippen LogP contribution in [0.5, 0.6) is 0 Å². The van der Waals surface area contributed by atoms with Crippen LogP contribution in [0.3, 0.4) is 0 Å². The van der Waals surface area contributed by atoms with Gasteiger partial charge >= 0.3 is 0 Å². The standard InChI is InChI=1S/C9H12Cl2N2/c10-4-9(11)7-13-3-1-2-8(5-12)6-13/h4,8H,1-3,6-7H2. The van der Waals surface area contributed by atoms with E-state index in [0.29, 0.717) is 11.6 Å². The largest absolute Gasteiger partial charge is 0.297 e. The predicted octanol–water partition coefficient (Wildman–Crippen LogP) is 2.54. The monoisotopic (exact) mass is 218 g/mol. The zero-order valence-electron chi connectivity index (χ0n) is 7.34. The van der Waals surface area contributed by atoms with E-state index in [-0.39, 0.29) is 5.92 Å². The van der Waals surface area contributed by atoms with E-state index >= 15 is 0 Å². The lowest BCUT2D eigenvalue weighted by molar-refractivity contribution is 0.217. The van der Waals surface area contributed by atoms with Crippen LogP contribution < -0.4 is 0 Å². The molecule has 1 atom stereocenters. The summed E-state index contributed by atoms with van der Waals surface area (Å²) in [5, 5.41) is 9.39. The Balaban J connectivity index is 2.39. The average Bonchev–Trinajstić information content (AvgIpc) is 2.18. The van der Waals surface area contributed by atoms with Gasteiger partial charge in [-0.1, -0.05) is 23.2 Å². The van der Waals surface area contributed by atoms with E-state index in [2.05, 4.69) is 11.0 Å². The first kappa shape index (κ1) is 10.8. The molecule has 0 radical (unpaired) electrons. The molecule has 2 nitrogen and oxygen atoms in total. The molecule has 0 amide bonds. The number of nitrogens with zero attached hydrogens (tertiary/aromatic N) is 2. The van der Waals surface area contributed by atoms with Gasteiger partial charge < -0.3 is 0 Å². The van der Waals surface area contributed by atoms with Gasteiger partial charge in [0.1, 0.15) is 0 Å². The highest BCUT2D eigenvalue weighted by molar-refractivity contribution is 6.36. The fraction of sp³-hybridized carbons (Fsp3) is 0.667. The lowest BCUT2D eigenvalue weighted by atomic mass is 10.00. The van der Waals surface area contributed by atoms with Gasteiger partial charge in [-0.2, -0.15) is 5.26 Å². The van der Waals surface area contributed by atoms with Crippen molar-refractivity contribution in [2.24, 2.45) is 5.92 Å². The predicted molar refractivity (Wildman–Crippen MR) is 54.6 cm³/mol. The van der Waals surface area contributed by atoms with E-state index in [0.717, 1.165) is 25.9 Å². The van der Waals surface area contributed by atoms with Crippen LogP contribution in [0.25, 0.3) is 0 Å². The Bertz CT molecular complexity index is 232. The molecule has 0 bridgehead atoms.